The number of ether oxygens (including phenoxy) is 1. The van der Waals surface area contributed by atoms with Crippen LogP contribution in [0.4, 0.5) is 0 Å². The minimum Gasteiger partial charge on any atom is -0.497 e. The van der Waals surface area contributed by atoms with Crippen LogP contribution >= 0.6 is 0 Å². The van der Waals surface area contributed by atoms with Gasteiger partial charge in [-0.1, -0.05) is 49.6 Å². The van der Waals surface area contributed by atoms with Crippen molar-refractivity contribution in [3.05, 3.63) is 66.4 Å². The Kier molecular flexibility index (Phi) is 5.42. The minimum atomic E-state index is -0.0719. The Labute approximate surface area is 165 Å². The van der Waals surface area contributed by atoms with Crippen molar-refractivity contribution < 1.29 is 9.53 Å². The van der Waals surface area contributed by atoms with Crippen LogP contribution in [0.25, 0.3) is 16.9 Å². The first kappa shape index (κ1) is 18.3. The van der Waals surface area contributed by atoms with Gasteiger partial charge in [-0.15, -0.1) is 0 Å². The van der Waals surface area contributed by atoms with Crippen LogP contribution in [0.2, 0.25) is 0 Å². The lowest BCUT2D eigenvalue weighted by molar-refractivity contribution is 0.0920. The number of hydrogen-bond donors (Lipinski definition) is 1. The van der Waals surface area contributed by atoms with Crippen molar-refractivity contribution in [3.8, 4) is 22.7 Å². The van der Waals surface area contributed by atoms with E-state index in [9.17, 15) is 4.79 Å². The van der Waals surface area contributed by atoms with Gasteiger partial charge < -0.3 is 10.1 Å². The maximum Gasteiger partial charge on any atom is 0.270 e. The molecule has 1 aromatic heterocycles. The molecule has 28 heavy (non-hydrogen) atoms. The summed E-state index contributed by atoms with van der Waals surface area (Å²) in [5, 5.41) is 7.94. The largest absolute Gasteiger partial charge is 0.497 e. The second-order valence-corrected chi connectivity index (χ2v) is 7.20. The zero-order valence-electron chi connectivity index (χ0n) is 16.1. The minimum absolute atomic E-state index is 0.0719. The molecule has 144 valence electrons. The maximum absolute atomic E-state index is 13.1. The van der Waals surface area contributed by atoms with Crippen LogP contribution in [0.5, 0.6) is 5.75 Å². The average Bonchev–Trinajstić information content (AvgIpc) is 3.21. The van der Waals surface area contributed by atoms with Gasteiger partial charge in [-0.2, -0.15) is 5.10 Å². The molecule has 1 heterocycles. The van der Waals surface area contributed by atoms with E-state index in [0.717, 1.165) is 35.5 Å². The Hall–Kier alpha value is -3.08. The molecule has 0 bridgehead atoms. The molecule has 2 aromatic carbocycles. The fourth-order valence-electron chi connectivity index (χ4n) is 3.72. The lowest BCUT2D eigenvalue weighted by Gasteiger charge is -2.22. The van der Waals surface area contributed by atoms with Crippen LogP contribution in [-0.4, -0.2) is 28.8 Å². The van der Waals surface area contributed by atoms with Crippen molar-refractivity contribution in [3.63, 3.8) is 0 Å². The molecule has 1 amide bonds. The molecule has 0 spiro atoms. The fraction of sp³-hybridized carbons (Fsp3) is 0.304. The molecule has 1 N–H and O–H groups in total. The summed E-state index contributed by atoms with van der Waals surface area (Å²) in [6, 6.07) is 19.6. The monoisotopic (exact) mass is 375 g/mol. The van der Waals surface area contributed by atoms with Gasteiger partial charge in [0.1, 0.15) is 11.4 Å². The van der Waals surface area contributed by atoms with E-state index in [0.29, 0.717) is 5.69 Å². The van der Waals surface area contributed by atoms with Crippen LogP contribution < -0.4 is 10.1 Å². The SMILES string of the molecule is COc1ccc(-n2nc(-c3ccccc3)cc2C(=O)NC2CCCCC2)cc1. The topological polar surface area (TPSA) is 56.2 Å². The summed E-state index contributed by atoms with van der Waals surface area (Å²) in [6.07, 6.45) is 5.71. The summed E-state index contributed by atoms with van der Waals surface area (Å²) in [4.78, 5) is 13.1. The number of aromatic nitrogens is 2. The highest BCUT2D eigenvalue weighted by atomic mass is 16.5. The van der Waals surface area contributed by atoms with Gasteiger partial charge in [0.15, 0.2) is 0 Å². The van der Waals surface area contributed by atoms with Gasteiger partial charge in [0.2, 0.25) is 0 Å². The van der Waals surface area contributed by atoms with Gasteiger partial charge in [0.25, 0.3) is 5.91 Å². The van der Waals surface area contributed by atoms with Crippen molar-refractivity contribution in [1.82, 2.24) is 15.1 Å². The number of carbonyl (C=O) groups excluding carboxylic acids is 1. The quantitative estimate of drug-likeness (QED) is 0.708. The predicted molar refractivity (Wildman–Crippen MR) is 110 cm³/mol. The lowest BCUT2D eigenvalue weighted by Crippen LogP contribution is -2.37. The van der Waals surface area contributed by atoms with E-state index in [1.54, 1.807) is 11.8 Å². The highest BCUT2D eigenvalue weighted by Gasteiger charge is 2.21. The van der Waals surface area contributed by atoms with E-state index in [1.165, 1.54) is 19.3 Å². The molecule has 0 atom stereocenters. The molecule has 1 aliphatic carbocycles. The molecule has 0 radical (unpaired) electrons. The molecular weight excluding hydrogens is 350 g/mol. The molecule has 1 aliphatic rings. The van der Waals surface area contributed by atoms with Crippen LogP contribution in [0.1, 0.15) is 42.6 Å². The van der Waals surface area contributed by atoms with E-state index < -0.39 is 0 Å². The van der Waals surface area contributed by atoms with Gasteiger partial charge in [-0.05, 0) is 43.2 Å². The number of rotatable bonds is 5. The molecule has 0 saturated heterocycles. The smallest absolute Gasteiger partial charge is 0.270 e. The Bertz CT molecular complexity index is 926. The molecule has 3 aromatic rings. The zero-order chi connectivity index (χ0) is 19.3. The number of amides is 1. The Morgan fingerprint density at radius 3 is 2.43 bits per heavy atom. The number of nitrogens with zero attached hydrogens (tertiary/aromatic N) is 2. The Balaban J connectivity index is 1.69. The van der Waals surface area contributed by atoms with Gasteiger partial charge in [-0.3, -0.25) is 4.79 Å². The van der Waals surface area contributed by atoms with Crippen molar-refractivity contribution in [2.45, 2.75) is 38.1 Å². The van der Waals surface area contributed by atoms with Crippen molar-refractivity contribution in [2.75, 3.05) is 7.11 Å². The normalized spacial score (nSPS) is 14.6. The van der Waals surface area contributed by atoms with Crippen LogP contribution in [0.15, 0.2) is 60.7 Å². The summed E-state index contributed by atoms with van der Waals surface area (Å²) in [5.41, 5.74) is 3.15. The second-order valence-electron chi connectivity index (χ2n) is 7.20. The Morgan fingerprint density at radius 1 is 1.04 bits per heavy atom. The first-order valence-corrected chi connectivity index (χ1v) is 9.85. The predicted octanol–water partition coefficient (Wildman–Crippen LogP) is 4.61. The Morgan fingerprint density at radius 2 is 1.75 bits per heavy atom. The fourth-order valence-corrected chi connectivity index (χ4v) is 3.72. The zero-order valence-corrected chi connectivity index (χ0v) is 16.1. The van der Waals surface area contributed by atoms with Gasteiger partial charge >= 0.3 is 0 Å². The third kappa shape index (κ3) is 3.93. The first-order chi connectivity index (χ1) is 13.7. The summed E-state index contributed by atoms with van der Waals surface area (Å²) < 4.78 is 6.97. The summed E-state index contributed by atoms with van der Waals surface area (Å²) in [6.45, 7) is 0. The van der Waals surface area contributed by atoms with Crippen molar-refractivity contribution >= 4 is 5.91 Å². The summed E-state index contributed by atoms with van der Waals surface area (Å²) >= 11 is 0. The molecule has 5 nitrogen and oxygen atoms in total. The van der Waals surface area contributed by atoms with Crippen LogP contribution in [0, 0.1) is 0 Å². The maximum atomic E-state index is 13.1. The highest BCUT2D eigenvalue weighted by Crippen LogP contribution is 2.24. The molecule has 5 heteroatoms. The molecule has 0 unspecified atom stereocenters. The number of methoxy groups -OCH3 is 1. The third-order valence-corrected chi connectivity index (χ3v) is 5.27. The standard InChI is InChI=1S/C23H25N3O2/c1-28-20-14-12-19(13-15-20)26-22(23(27)24-18-10-6-3-7-11-18)16-21(25-26)17-8-4-2-5-9-17/h2,4-5,8-9,12-16,18H,3,6-7,10-11H2,1H3,(H,24,27). The molecule has 1 fully saturated rings. The first-order valence-electron chi connectivity index (χ1n) is 9.85. The molecule has 0 aliphatic heterocycles. The lowest BCUT2D eigenvalue weighted by atomic mass is 9.95. The average molecular weight is 375 g/mol. The summed E-state index contributed by atoms with van der Waals surface area (Å²) in [5.74, 6) is 0.699. The molecular formula is C23H25N3O2. The third-order valence-electron chi connectivity index (χ3n) is 5.27. The number of carbonyl (C=O) groups is 1. The van der Waals surface area contributed by atoms with E-state index >= 15 is 0 Å². The molecule has 4 rings (SSSR count). The van der Waals surface area contributed by atoms with Crippen molar-refractivity contribution in [1.29, 1.82) is 0 Å². The van der Waals surface area contributed by atoms with Gasteiger partial charge in [0.05, 0.1) is 18.5 Å². The second kappa shape index (κ2) is 8.30. The van der Waals surface area contributed by atoms with E-state index in [2.05, 4.69) is 5.32 Å². The number of hydrogen-bond acceptors (Lipinski definition) is 3. The van der Waals surface area contributed by atoms with Crippen LogP contribution in [0.3, 0.4) is 0 Å². The van der Waals surface area contributed by atoms with Gasteiger partial charge in [0, 0.05) is 11.6 Å². The number of benzene rings is 2. The van der Waals surface area contributed by atoms with Crippen molar-refractivity contribution in [2.24, 2.45) is 0 Å². The summed E-state index contributed by atoms with van der Waals surface area (Å²) in [7, 11) is 1.64. The van der Waals surface area contributed by atoms with E-state index in [1.807, 2.05) is 60.7 Å². The van der Waals surface area contributed by atoms with E-state index in [-0.39, 0.29) is 11.9 Å². The van der Waals surface area contributed by atoms with E-state index in [4.69, 9.17) is 9.84 Å². The number of nitrogens with one attached hydrogen (secondary N) is 1. The molecule has 1 saturated carbocycles. The van der Waals surface area contributed by atoms with Gasteiger partial charge in [-0.25, -0.2) is 4.68 Å². The van der Waals surface area contributed by atoms with Crippen LogP contribution in [-0.2, 0) is 0 Å². The highest BCUT2D eigenvalue weighted by molar-refractivity contribution is 5.94.